The molecule has 6 rings (SSSR count). The van der Waals surface area contributed by atoms with Gasteiger partial charge in [-0.05, 0) is 53.6 Å². The normalized spacial score (nSPS) is 23.9. The third-order valence-corrected chi connectivity index (χ3v) is 7.43. The molecule has 0 spiro atoms. The number of imide groups is 1. The first kappa shape index (κ1) is 22.2. The molecule has 0 aliphatic carbocycles. The lowest BCUT2D eigenvalue weighted by molar-refractivity contribution is -0.384. The van der Waals surface area contributed by atoms with Gasteiger partial charge in [0, 0.05) is 28.9 Å². The molecule has 3 aliphatic rings. The van der Waals surface area contributed by atoms with Crippen molar-refractivity contribution in [3.8, 4) is 0 Å². The van der Waals surface area contributed by atoms with E-state index < -0.39 is 40.7 Å². The summed E-state index contributed by atoms with van der Waals surface area (Å²) in [5.74, 6) is -2.91. The molecule has 0 unspecified atom stereocenters. The summed E-state index contributed by atoms with van der Waals surface area (Å²) in [4.78, 5) is 54.9. The number of benzene rings is 3. The van der Waals surface area contributed by atoms with E-state index in [1.165, 1.54) is 24.3 Å². The molecule has 8 nitrogen and oxygen atoms in total. The molecule has 3 heterocycles. The van der Waals surface area contributed by atoms with E-state index in [9.17, 15) is 24.5 Å². The second kappa shape index (κ2) is 8.13. The zero-order valence-electron chi connectivity index (χ0n) is 18.7. The van der Waals surface area contributed by atoms with Gasteiger partial charge in [-0.3, -0.25) is 24.5 Å². The molecule has 178 valence electrons. The lowest BCUT2D eigenvalue weighted by Crippen LogP contribution is -2.44. The van der Waals surface area contributed by atoms with Gasteiger partial charge in [0.25, 0.3) is 5.69 Å². The van der Waals surface area contributed by atoms with Crippen molar-refractivity contribution in [2.24, 2.45) is 11.8 Å². The molecule has 0 aromatic heterocycles. The van der Waals surface area contributed by atoms with Crippen LogP contribution in [0.5, 0.6) is 0 Å². The molecule has 9 heteroatoms. The van der Waals surface area contributed by atoms with Crippen LogP contribution >= 0.6 is 11.6 Å². The number of Topliss-reactive ketones (excluding diaryl/α,β-unsaturated/α-hetero) is 1. The van der Waals surface area contributed by atoms with Gasteiger partial charge >= 0.3 is 0 Å². The minimum absolute atomic E-state index is 0.147. The van der Waals surface area contributed by atoms with Crippen LogP contribution in [0.2, 0.25) is 5.02 Å². The first-order valence-electron chi connectivity index (χ1n) is 11.3. The Hall–Kier alpha value is -4.30. The van der Waals surface area contributed by atoms with Crippen molar-refractivity contribution in [2.45, 2.75) is 12.1 Å². The van der Waals surface area contributed by atoms with Gasteiger partial charge in [-0.25, -0.2) is 4.90 Å². The number of anilines is 1. The zero-order valence-corrected chi connectivity index (χ0v) is 19.4. The lowest BCUT2D eigenvalue weighted by atomic mass is 9.83. The van der Waals surface area contributed by atoms with E-state index in [2.05, 4.69) is 0 Å². The Labute approximate surface area is 210 Å². The van der Waals surface area contributed by atoms with E-state index in [0.29, 0.717) is 10.6 Å². The number of carbonyl (C=O) groups excluding carboxylic acids is 3. The van der Waals surface area contributed by atoms with Crippen LogP contribution in [-0.2, 0) is 9.59 Å². The first-order chi connectivity index (χ1) is 17.4. The largest absolute Gasteiger partial charge is 0.358 e. The summed E-state index contributed by atoms with van der Waals surface area (Å²) >= 11 is 6.01. The van der Waals surface area contributed by atoms with E-state index in [1.807, 2.05) is 35.2 Å². The van der Waals surface area contributed by atoms with Crippen LogP contribution in [0.4, 0.5) is 11.4 Å². The van der Waals surface area contributed by atoms with E-state index in [0.717, 1.165) is 16.0 Å². The summed E-state index contributed by atoms with van der Waals surface area (Å²) in [7, 11) is 0. The predicted molar refractivity (Wildman–Crippen MR) is 132 cm³/mol. The van der Waals surface area contributed by atoms with E-state index in [-0.39, 0.29) is 17.2 Å². The molecule has 0 saturated carbocycles. The van der Waals surface area contributed by atoms with Crippen LogP contribution in [0.15, 0.2) is 79.0 Å². The fraction of sp³-hybridized carbons (Fsp3) is 0.148. The maximum atomic E-state index is 13.8. The number of rotatable bonds is 4. The van der Waals surface area contributed by atoms with Gasteiger partial charge < -0.3 is 4.90 Å². The molecule has 2 fully saturated rings. The molecular weight excluding hydrogens is 482 g/mol. The second-order valence-corrected chi connectivity index (χ2v) is 9.43. The molecule has 0 bridgehead atoms. The van der Waals surface area contributed by atoms with Crippen molar-refractivity contribution in [1.29, 1.82) is 0 Å². The van der Waals surface area contributed by atoms with Crippen molar-refractivity contribution < 1.29 is 19.3 Å². The van der Waals surface area contributed by atoms with Crippen LogP contribution in [-0.4, -0.2) is 33.5 Å². The first-order valence-corrected chi connectivity index (χ1v) is 11.7. The highest BCUT2D eigenvalue weighted by Crippen LogP contribution is 2.53. The molecule has 4 atom stereocenters. The molecule has 3 aromatic rings. The van der Waals surface area contributed by atoms with Gasteiger partial charge in [-0.15, -0.1) is 0 Å². The smallest absolute Gasteiger partial charge is 0.269 e. The molecule has 0 radical (unpaired) electrons. The number of amides is 2. The van der Waals surface area contributed by atoms with Crippen molar-refractivity contribution in [1.82, 2.24) is 4.90 Å². The Balaban J connectivity index is 1.47. The number of nitrogens with zero attached hydrogens (tertiary/aromatic N) is 3. The summed E-state index contributed by atoms with van der Waals surface area (Å²) in [5.41, 5.74) is 2.28. The Morgan fingerprint density at radius 3 is 2.25 bits per heavy atom. The predicted octanol–water partition coefficient (Wildman–Crippen LogP) is 4.65. The standard InChI is InChI=1S/C27H18ClN3O5/c28-17-7-5-16(6-8-17)25(32)24-22-21(23-20-4-2-1-3-15(20)13-14-29(23)24)26(33)30(27(22)34)18-9-11-19(12-10-18)31(35)36/h1-14,21-24H/t21-,22+,23+,24-/m0/s1. The van der Waals surface area contributed by atoms with Crippen LogP contribution < -0.4 is 4.90 Å². The van der Waals surface area contributed by atoms with E-state index in [1.54, 1.807) is 30.5 Å². The zero-order chi connectivity index (χ0) is 25.1. The number of ketones is 1. The van der Waals surface area contributed by atoms with Crippen LogP contribution in [0.1, 0.15) is 27.5 Å². The van der Waals surface area contributed by atoms with Crippen LogP contribution in [0.25, 0.3) is 6.08 Å². The van der Waals surface area contributed by atoms with E-state index >= 15 is 0 Å². The average Bonchev–Trinajstić information content (AvgIpc) is 3.36. The molecule has 3 aromatic carbocycles. The van der Waals surface area contributed by atoms with Crippen LogP contribution in [0, 0.1) is 22.0 Å². The van der Waals surface area contributed by atoms with Crippen molar-refractivity contribution in [2.75, 3.05) is 4.90 Å². The Morgan fingerprint density at radius 1 is 0.889 bits per heavy atom. The topological polar surface area (TPSA) is 101 Å². The third kappa shape index (κ3) is 3.18. The van der Waals surface area contributed by atoms with Crippen molar-refractivity contribution in [3.05, 3.63) is 111 Å². The molecule has 2 saturated heterocycles. The number of hydrogen-bond donors (Lipinski definition) is 0. The number of carbonyl (C=O) groups is 3. The van der Waals surface area contributed by atoms with Gasteiger partial charge in [0.15, 0.2) is 5.78 Å². The maximum Gasteiger partial charge on any atom is 0.269 e. The SMILES string of the molecule is O=C(c1ccc(Cl)cc1)[C@@H]1[C@@H]2C(=O)N(c3ccc([N+](=O)[O-])cc3)C(=O)[C@@H]2[C@H]2c3ccccc3C=CN12. The number of nitro groups is 1. The van der Waals surface area contributed by atoms with Crippen molar-refractivity contribution >= 4 is 46.6 Å². The van der Waals surface area contributed by atoms with Crippen LogP contribution in [0.3, 0.4) is 0 Å². The number of fused-ring (bicyclic) bond motifs is 5. The van der Waals surface area contributed by atoms with Gasteiger partial charge in [-0.1, -0.05) is 35.9 Å². The summed E-state index contributed by atoms with van der Waals surface area (Å²) in [6, 6.07) is 18.0. The van der Waals surface area contributed by atoms with Gasteiger partial charge in [0.2, 0.25) is 11.8 Å². The number of non-ortho nitro benzene ring substituents is 1. The quantitative estimate of drug-likeness (QED) is 0.224. The summed E-state index contributed by atoms with van der Waals surface area (Å²) in [5, 5.41) is 11.6. The molecular formula is C27H18ClN3O5. The fourth-order valence-electron chi connectivity index (χ4n) is 5.62. The highest BCUT2D eigenvalue weighted by Gasteiger charge is 2.64. The third-order valence-electron chi connectivity index (χ3n) is 7.18. The lowest BCUT2D eigenvalue weighted by Gasteiger charge is -2.35. The van der Waals surface area contributed by atoms with Crippen molar-refractivity contribution in [3.63, 3.8) is 0 Å². The van der Waals surface area contributed by atoms with Gasteiger partial charge in [-0.2, -0.15) is 0 Å². The highest BCUT2D eigenvalue weighted by atomic mass is 35.5. The van der Waals surface area contributed by atoms with Gasteiger partial charge in [0.05, 0.1) is 28.5 Å². The number of nitro benzene ring substituents is 1. The minimum Gasteiger partial charge on any atom is -0.358 e. The summed E-state index contributed by atoms with van der Waals surface area (Å²) < 4.78 is 0. The molecule has 2 amide bonds. The Kier molecular flexibility index (Phi) is 5.01. The minimum atomic E-state index is -0.920. The number of halogens is 1. The summed E-state index contributed by atoms with van der Waals surface area (Å²) in [6.45, 7) is 0. The summed E-state index contributed by atoms with van der Waals surface area (Å²) in [6.07, 6.45) is 3.68. The average molecular weight is 500 g/mol. The molecule has 3 aliphatic heterocycles. The maximum absolute atomic E-state index is 13.8. The monoisotopic (exact) mass is 499 g/mol. The van der Waals surface area contributed by atoms with Gasteiger partial charge in [0.1, 0.15) is 6.04 Å². The Bertz CT molecular complexity index is 1470. The second-order valence-electron chi connectivity index (χ2n) is 8.99. The Morgan fingerprint density at radius 2 is 1.56 bits per heavy atom. The fourth-order valence-corrected chi connectivity index (χ4v) is 5.75. The molecule has 0 N–H and O–H groups in total. The number of hydrogen-bond acceptors (Lipinski definition) is 6. The van der Waals surface area contributed by atoms with E-state index in [4.69, 9.17) is 11.6 Å². The molecule has 36 heavy (non-hydrogen) atoms. The highest BCUT2D eigenvalue weighted by molar-refractivity contribution is 6.30.